The Morgan fingerprint density at radius 3 is 2.52 bits per heavy atom. The van der Waals surface area contributed by atoms with E-state index in [1.165, 1.54) is 36.1 Å². The third-order valence-corrected chi connectivity index (χ3v) is 6.00. The molecule has 1 amide bonds. The number of hydrogen-bond acceptors (Lipinski definition) is 6. The number of benzene rings is 2. The smallest absolute Gasteiger partial charge is 0.264 e. The highest BCUT2D eigenvalue weighted by atomic mass is 35.5. The molecule has 0 aliphatic carbocycles. The molecule has 9 nitrogen and oxygen atoms in total. The van der Waals surface area contributed by atoms with E-state index in [1.54, 1.807) is 24.3 Å². The van der Waals surface area contributed by atoms with Crippen LogP contribution in [0, 0.1) is 0 Å². The van der Waals surface area contributed by atoms with E-state index in [0.717, 1.165) is 5.56 Å². The third-order valence-electron chi connectivity index (χ3n) is 4.41. The first-order valence-corrected chi connectivity index (χ1v) is 10.4. The molecule has 2 heterocycles. The lowest BCUT2D eigenvalue weighted by Crippen LogP contribution is -2.29. The van der Waals surface area contributed by atoms with Gasteiger partial charge in [-0.25, -0.2) is 17.8 Å². The number of nitrogens with zero attached hydrogens (tertiary/aromatic N) is 3. The minimum absolute atomic E-state index is 0.0318. The van der Waals surface area contributed by atoms with Gasteiger partial charge in [0.25, 0.3) is 16.0 Å². The quantitative estimate of drug-likeness (QED) is 0.639. The number of amides is 1. The number of halogens is 1. The van der Waals surface area contributed by atoms with Gasteiger partial charge in [-0.2, -0.15) is 4.98 Å². The van der Waals surface area contributed by atoms with Gasteiger partial charge in [-0.05, 0) is 42.0 Å². The van der Waals surface area contributed by atoms with Crippen molar-refractivity contribution < 1.29 is 17.9 Å². The van der Waals surface area contributed by atoms with Gasteiger partial charge in [0.2, 0.25) is 11.9 Å². The fourth-order valence-electron chi connectivity index (χ4n) is 2.98. The van der Waals surface area contributed by atoms with Gasteiger partial charge >= 0.3 is 0 Å². The van der Waals surface area contributed by atoms with Gasteiger partial charge in [-0.3, -0.25) is 10.1 Å². The summed E-state index contributed by atoms with van der Waals surface area (Å²) in [6.45, 7) is 0. The van der Waals surface area contributed by atoms with Crippen molar-refractivity contribution in [3.05, 3.63) is 59.1 Å². The molecule has 1 aliphatic rings. The largest absolute Gasteiger partial charge is 0.497 e. The van der Waals surface area contributed by atoms with Crippen LogP contribution in [0.3, 0.4) is 0 Å². The molecule has 1 aliphatic heterocycles. The van der Waals surface area contributed by atoms with Crippen molar-refractivity contribution in [3.63, 3.8) is 0 Å². The highest BCUT2D eigenvalue weighted by Gasteiger charge is 2.30. The minimum Gasteiger partial charge on any atom is -0.497 e. The summed E-state index contributed by atoms with van der Waals surface area (Å²) >= 11 is 5.93. The summed E-state index contributed by atoms with van der Waals surface area (Å²) in [6, 6.07) is 12.5. The van der Waals surface area contributed by atoms with Gasteiger partial charge < -0.3 is 4.74 Å². The lowest BCUT2D eigenvalue weighted by atomic mass is 10.0. The summed E-state index contributed by atoms with van der Waals surface area (Å²) in [7, 11) is -2.42. The first-order chi connectivity index (χ1) is 13.9. The van der Waals surface area contributed by atoms with Crippen LogP contribution in [-0.4, -0.2) is 36.2 Å². The molecule has 150 valence electrons. The van der Waals surface area contributed by atoms with E-state index in [9.17, 15) is 13.2 Å². The third kappa shape index (κ3) is 3.89. The number of carbonyl (C=O) groups excluding carboxylic acids is 1. The van der Waals surface area contributed by atoms with Crippen LogP contribution in [0.25, 0.3) is 0 Å². The zero-order valence-electron chi connectivity index (χ0n) is 15.2. The van der Waals surface area contributed by atoms with Crippen molar-refractivity contribution >= 4 is 39.4 Å². The number of sulfonamides is 1. The molecule has 11 heteroatoms. The van der Waals surface area contributed by atoms with Gasteiger partial charge in [0, 0.05) is 5.02 Å². The Bertz CT molecular complexity index is 1160. The first kappa shape index (κ1) is 19.2. The molecule has 0 fully saturated rings. The van der Waals surface area contributed by atoms with Crippen LogP contribution >= 0.6 is 11.6 Å². The highest BCUT2D eigenvalue weighted by molar-refractivity contribution is 7.92. The maximum atomic E-state index is 12.6. The van der Waals surface area contributed by atoms with E-state index in [1.807, 2.05) is 0 Å². The van der Waals surface area contributed by atoms with Crippen LogP contribution in [0.2, 0.25) is 5.02 Å². The monoisotopic (exact) mass is 433 g/mol. The summed E-state index contributed by atoms with van der Waals surface area (Å²) in [4.78, 5) is 16.2. The molecule has 0 unspecified atom stereocenters. The predicted octanol–water partition coefficient (Wildman–Crippen LogP) is 2.67. The predicted molar refractivity (Wildman–Crippen MR) is 107 cm³/mol. The van der Waals surface area contributed by atoms with E-state index in [4.69, 9.17) is 16.3 Å². The lowest BCUT2D eigenvalue weighted by Gasteiger charge is -2.23. The number of nitrogens with one attached hydrogen (secondary N) is 2. The average Bonchev–Trinajstić information content (AvgIpc) is 3.09. The number of methoxy groups -OCH3 is 1. The molecule has 2 aromatic carbocycles. The fourth-order valence-corrected chi connectivity index (χ4v) is 4.05. The summed E-state index contributed by atoms with van der Waals surface area (Å²) < 4.78 is 34.1. The normalized spacial score (nSPS) is 16.1. The Morgan fingerprint density at radius 2 is 1.86 bits per heavy atom. The summed E-state index contributed by atoms with van der Waals surface area (Å²) in [5, 5.41) is 7.43. The van der Waals surface area contributed by atoms with E-state index in [0.29, 0.717) is 10.8 Å². The molecular formula is C18H16ClN5O4S. The van der Waals surface area contributed by atoms with Crippen molar-refractivity contribution in [3.8, 4) is 5.75 Å². The molecule has 1 aromatic heterocycles. The number of aromatic nitrogens is 3. The second-order valence-corrected chi connectivity index (χ2v) is 8.42. The number of rotatable bonds is 5. The van der Waals surface area contributed by atoms with Crippen molar-refractivity contribution in [1.82, 2.24) is 14.8 Å². The van der Waals surface area contributed by atoms with Crippen molar-refractivity contribution in [2.75, 3.05) is 17.1 Å². The summed E-state index contributed by atoms with van der Waals surface area (Å²) in [6.07, 6.45) is 0.142. The van der Waals surface area contributed by atoms with Gasteiger partial charge in [0.15, 0.2) is 0 Å². The maximum absolute atomic E-state index is 12.6. The Morgan fingerprint density at radius 1 is 1.17 bits per heavy atom. The van der Waals surface area contributed by atoms with E-state index in [2.05, 4.69) is 20.1 Å². The van der Waals surface area contributed by atoms with Crippen LogP contribution in [0.5, 0.6) is 5.75 Å². The highest BCUT2D eigenvalue weighted by Crippen LogP contribution is 2.31. The van der Waals surface area contributed by atoms with Gasteiger partial charge in [0.1, 0.15) is 5.75 Å². The van der Waals surface area contributed by atoms with E-state index < -0.39 is 16.1 Å². The van der Waals surface area contributed by atoms with Crippen LogP contribution in [0.4, 0.5) is 11.9 Å². The number of anilines is 2. The molecule has 4 rings (SSSR count). The van der Waals surface area contributed by atoms with Crippen LogP contribution < -0.4 is 14.8 Å². The molecule has 29 heavy (non-hydrogen) atoms. The molecule has 3 aromatic rings. The summed E-state index contributed by atoms with van der Waals surface area (Å²) in [5.74, 6) is 0.313. The van der Waals surface area contributed by atoms with Crippen LogP contribution in [-0.2, 0) is 14.8 Å². The molecule has 0 spiro atoms. The molecule has 1 atom stereocenters. The number of fused-ring (bicyclic) bond motifs is 1. The number of carbonyl (C=O) groups is 1. The standard InChI is InChI=1S/C18H16ClN5O4S/c1-28-13-6-8-14(9-7-13)29(26,27)23-17-21-18-20-16(25)10-15(24(18)22-17)11-2-4-12(19)5-3-11/h2-9,15H,10H2,1H3,(H2,20,21,22,23,25)/t15-/m1/s1. The molecule has 2 N–H and O–H groups in total. The van der Waals surface area contributed by atoms with Crippen molar-refractivity contribution in [2.45, 2.75) is 17.4 Å². The zero-order chi connectivity index (χ0) is 20.6. The molecule has 0 radical (unpaired) electrons. The van der Waals surface area contributed by atoms with Crippen LogP contribution in [0.15, 0.2) is 53.4 Å². The molecular weight excluding hydrogens is 418 g/mol. The first-order valence-electron chi connectivity index (χ1n) is 8.54. The topological polar surface area (TPSA) is 115 Å². The van der Waals surface area contributed by atoms with E-state index in [-0.39, 0.29) is 29.1 Å². The lowest BCUT2D eigenvalue weighted by molar-refractivity contribution is -0.117. The second kappa shape index (κ2) is 7.37. The van der Waals surface area contributed by atoms with E-state index >= 15 is 0 Å². The van der Waals surface area contributed by atoms with Crippen LogP contribution in [0.1, 0.15) is 18.0 Å². The van der Waals surface area contributed by atoms with Crippen molar-refractivity contribution in [2.24, 2.45) is 0 Å². The van der Waals surface area contributed by atoms with Gasteiger partial charge in [-0.1, -0.05) is 23.7 Å². The van der Waals surface area contributed by atoms with Gasteiger partial charge in [-0.15, -0.1) is 5.10 Å². The van der Waals surface area contributed by atoms with Crippen molar-refractivity contribution in [1.29, 1.82) is 0 Å². The number of hydrogen-bond donors (Lipinski definition) is 2. The Balaban J connectivity index is 1.64. The SMILES string of the molecule is COc1ccc(S(=O)(=O)Nc2nc3n(n2)[C@@H](c2ccc(Cl)cc2)CC(=O)N3)cc1. The second-order valence-electron chi connectivity index (χ2n) is 6.30. The summed E-state index contributed by atoms with van der Waals surface area (Å²) in [5.41, 5.74) is 0.806. The average molecular weight is 434 g/mol. The minimum atomic E-state index is -3.91. The molecule has 0 saturated heterocycles. The fraction of sp³-hybridized carbons (Fsp3) is 0.167. The maximum Gasteiger partial charge on any atom is 0.264 e. The molecule has 0 saturated carbocycles. The molecule has 0 bridgehead atoms. The zero-order valence-corrected chi connectivity index (χ0v) is 16.7. The number of ether oxygens (including phenoxy) is 1. The Kier molecular flexibility index (Phi) is 4.89. The Labute approximate surface area is 171 Å². The van der Waals surface area contributed by atoms with Gasteiger partial charge in [0.05, 0.1) is 24.5 Å². The Hall–Kier alpha value is -3.11.